The van der Waals surface area contributed by atoms with Crippen LogP contribution >= 0.6 is 0 Å². The van der Waals surface area contributed by atoms with Gasteiger partial charge in [0.2, 0.25) is 0 Å². The highest BCUT2D eigenvalue weighted by molar-refractivity contribution is 5.95. The molecule has 6 nitrogen and oxygen atoms in total. The summed E-state index contributed by atoms with van der Waals surface area (Å²) in [7, 11) is 0. The summed E-state index contributed by atoms with van der Waals surface area (Å²) in [5, 5.41) is 26.5. The van der Waals surface area contributed by atoms with Crippen LogP contribution in [-0.2, 0) is 6.54 Å². The number of hydrogen-bond donors (Lipinski definition) is 1. The molecule has 0 atom stereocenters. The maximum absolute atomic E-state index is 9.50. The summed E-state index contributed by atoms with van der Waals surface area (Å²) in [6, 6.07) is 18.3. The molecule has 2 heterocycles. The van der Waals surface area contributed by atoms with Crippen molar-refractivity contribution in [1.29, 1.82) is 5.26 Å². The Labute approximate surface area is 163 Å². The summed E-state index contributed by atoms with van der Waals surface area (Å²) in [6.45, 7) is 6.76. The van der Waals surface area contributed by atoms with E-state index < -0.39 is 0 Å². The van der Waals surface area contributed by atoms with Gasteiger partial charge in [0.25, 0.3) is 0 Å². The van der Waals surface area contributed by atoms with Gasteiger partial charge in [0.1, 0.15) is 6.07 Å². The Bertz CT molecular complexity index is 1220. The van der Waals surface area contributed by atoms with Crippen LogP contribution in [0.1, 0.15) is 28.2 Å². The third-order valence-electron chi connectivity index (χ3n) is 4.65. The van der Waals surface area contributed by atoms with Crippen LogP contribution in [0.5, 0.6) is 0 Å². The summed E-state index contributed by atoms with van der Waals surface area (Å²) in [5.41, 5.74) is 6.97. The predicted molar refractivity (Wildman–Crippen MR) is 110 cm³/mol. The molecule has 28 heavy (non-hydrogen) atoms. The van der Waals surface area contributed by atoms with Gasteiger partial charge >= 0.3 is 0 Å². The standard InChI is InChI=1S/C22H20N6/c1-14-7-8-20-19(9-14)22(21(12-23)26-25-20)24-18-6-4-5-17(11-18)13-28-16(3)10-15(2)27-28/h4-11H,13H2,1-3H3,(H,24,25). The van der Waals surface area contributed by atoms with Crippen LogP contribution in [0.2, 0.25) is 0 Å². The van der Waals surface area contributed by atoms with Crippen molar-refractivity contribution >= 4 is 22.3 Å². The highest BCUT2D eigenvalue weighted by Crippen LogP contribution is 2.28. The molecule has 0 bridgehead atoms. The number of nitrogens with zero attached hydrogens (tertiary/aromatic N) is 5. The van der Waals surface area contributed by atoms with E-state index in [-0.39, 0.29) is 5.69 Å². The SMILES string of the molecule is Cc1ccc2nnc(C#N)c(Nc3cccc(Cn4nc(C)cc4C)c3)c2c1. The number of rotatable bonds is 4. The number of nitrogens with one attached hydrogen (secondary N) is 1. The summed E-state index contributed by atoms with van der Waals surface area (Å²) in [6.07, 6.45) is 0. The first-order valence-electron chi connectivity index (χ1n) is 9.07. The molecule has 0 spiro atoms. The fourth-order valence-electron chi connectivity index (χ4n) is 3.32. The molecule has 0 aliphatic heterocycles. The van der Waals surface area contributed by atoms with Crippen LogP contribution in [0.15, 0.2) is 48.5 Å². The van der Waals surface area contributed by atoms with Crippen LogP contribution in [-0.4, -0.2) is 20.0 Å². The Morgan fingerprint density at radius 2 is 1.89 bits per heavy atom. The molecule has 2 aromatic carbocycles. The third-order valence-corrected chi connectivity index (χ3v) is 4.65. The molecule has 0 saturated heterocycles. The second kappa shape index (κ2) is 7.12. The fraction of sp³-hybridized carbons (Fsp3) is 0.182. The summed E-state index contributed by atoms with van der Waals surface area (Å²) >= 11 is 0. The Kier molecular flexibility index (Phi) is 4.50. The zero-order valence-electron chi connectivity index (χ0n) is 16.1. The lowest BCUT2D eigenvalue weighted by atomic mass is 10.1. The number of benzene rings is 2. The fourth-order valence-corrected chi connectivity index (χ4v) is 3.32. The molecule has 138 valence electrons. The van der Waals surface area contributed by atoms with Crippen molar-refractivity contribution in [3.05, 3.63) is 76.7 Å². The van der Waals surface area contributed by atoms with Crippen molar-refractivity contribution in [2.24, 2.45) is 0 Å². The number of hydrogen-bond acceptors (Lipinski definition) is 5. The minimum atomic E-state index is 0.280. The van der Waals surface area contributed by atoms with E-state index in [2.05, 4.69) is 51.8 Å². The van der Waals surface area contributed by atoms with Gasteiger partial charge in [-0.15, -0.1) is 10.2 Å². The van der Waals surface area contributed by atoms with Crippen LogP contribution in [0.3, 0.4) is 0 Å². The summed E-state index contributed by atoms with van der Waals surface area (Å²) in [4.78, 5) is 0. The molecule has 0 aliphatic rings. The smallest absolute Gasteiger partial charge is 0.187 e. The summed E-state index contributed by atoms with van der Waals surface area (Å²) < 4.78 is 1.99. The Balaban J connectivity index is 1.71. The van der Waals surface area contributed by atoms with Gasteiger partial charge in [-0.1, -0.05) is 23.8 Å². The molecule has 1 N–H and O–H groups in total. The van der Waals surface area contributed by atoms with Crippen LogP contribution in [0, 0.1) is 32.1 Å². The van der Waals surface area contributed by atoms with Crippen molar-refractivity contribution in [3.63, 3.8) is 0 Å². The first kappa shape index (κ1) is 17.7. The molecule has 0 fully saturated rings. The van der Waals surface area contributed by atoms with Gasteiger partial charge in [0, 0.05) is 16.8 Å². The normalized spacial score (nSPS) is 10.8. The van der Waals surface area contributed by atoms with Crippen molar-refractivity contribution in [1.82, 2.24) is 20.0 Å². The first-order valence-corrected chi connectivity index (χ1v) is 9.07. The Morgan fingerprint density at radius 3 is 2.64 bits per heavy atom. The van der Waals surface area contributed by atoms with Gasteiger partial charge in [-0.3, -0.25) is 4.68 Å². The highest BCUT2D eigenvalue weighted by atomic mass is 15.3. The molecule has 6 heteroatoms. The van der Waals surface area contributed by atoms with Crippen molar-refractivity contribution in [2.45, 2.75) is 27.3 Å². The molecule has 2 aromatic heterocycles. The molecule has 4 aromatic rings. The lowest BCUT2D eigenvalue weighted by Gasteiger charge is -2.12. The second-order valence-corrected chi connectivity index (χ2v) is 6.97. The molecule has 0 saturated carbocycles. The maximum atomic E-state index is 9.50. The largest absolute Gasteiger partial charge is 0.353 e. The zero-order valence-corrected chi connectivity index (χ0v) is 16.1. The van der Waals surface area contributed by atoms with Crippen LogP contribution < -0.4 is 5.32 Å². The molecule has 4 rings (SSSR count). The Morgan fingerprint density at radius 1 is 1.04 bits per heavy atom. The van der Waals surface area contributed by atoms with Crippen molar-refractivity contribution in [2.75, 3.05) is 5.32 Å². The van der Waals surface area contributed by atoms with E-state index in [1.165, 1.54) is 0 Å². The van der Waals surface area contributed by atoms with Gasteiger partial charge in [-0.25, -0.2) is 0 Å². The third kappa shape index (κ3) is 3.42. The highest BCUT2D eigenvalue weighted by Gasteiger charge is 2.12. The van der Waals surface area contributed by atoms with E-state index in [9.17, 15) is 5.26 Å². The van der Waals surface area contributed by atoms with Gasteiger partial charge < -0.3 is 5.32 Å². The van der Waals surface area contributed by atoms with E-state index in [1.807, 2.05) is 48.9 Å². The molecule has 0 aliphatic carbocycles. The van der Waals surface area contributed by atoms with Gasteiger partial charge in [0.15, 0.2) is 5.69 Å². The molecule has 0 radical (unpaired) electrons. The van der Waals surface area contributed by atoms with E-state index in [0.717, 1.165) is 39.1 Å². The van der Waals surface area contributed by atoms with E-state index in [4.69, 9.17) is 0 Å². The van der Waals surface area contributed by atoms with Gasteiger partial charge in [-0.2, -0.15) is 10.4 Å². The quantitative estimate of drug-likeness (QED) is 0.577. The van der Waals surface area contributed by atoms with Crippen LogP contribution in [0.4, 0.5) is 11.4 Å². The number of nitriles is 1. The number of fused-ring (bicyclic) bond motifs is 1. The molecule has 0 unspecified atom stereocenters. The number of aryl methyl sites for hydroxylation is 3. The number of anilines is 2. The first-order chi connectivity index (χ1) is 13.5. The van der Waals surface area contributed by atoms with Gasteiger partial charge in [-0.05, 0) is 56.7 Å². The Hall–Kier alpha value is -3.72. The lowest BCUT2D eigenvalue weighted by molar-refractivity contribution is 0.659. The molecule has 0 amide bonds. The molecular weight excluding hydrogens is 348 g/mol. The minimum absolute atomic E-state index is 0.280. The zero-order chi connectivity index (χ0) is 19.7. The average Bonchev–Trinajstić information content (AvgIpc) is 2.99. The van der Waals surface area contributed by atoms with Crippen molar-refractivity contribution < 1.29 is 0 Å². The topological polar surface area (TPSA) is 79.4 Å². The van der Waals surface area contributed by atoms with Crippen LogP contribution in [0.25, 0.3) is 10.9 Å². The predicted octanol–water partition coefficient (Wildman–Crippen LogP) is 4.42. The number of aromatic nitrogens is 4. The van der Waals surface area contributed by atoms with E-state index in [0.29, 0.717) is 12.2 Å². The van der Waals surface area contributed by atoms with E-state index >= 15 is 0 Å². The maximum Gasteiger partial charge on any atom is 0.187 e. The minimum Gasteiger partial charge on any atom is -0.353 e. The van der Waals surface area contributed by atoms with Gasteiger partial charge in [0.05, 0.1) is 23.4 Å². The van der Waals surface area contributed by atoms with Crippen molar-refractivity contribution in [3.8, 4) is 6.07 Å². The van der Waals surface area contributed by atoms with E-state index in [1.54, 1.807) is 0 Å². The lowest BCUT2D eigenvalue weighted by Crippen LogP contribution is -2.05. The second-order valence-electron chi connectivity index (χ2n) is 6.97. The molecular formula is C22H20N6. The monoisotopic (exact) mass is 368 g/mol. The summed E-state index contributed by atoms with van der Waals surface area (Å²) in [5.74, 6) is 0. The average molecular weight is 368 g/mol.